The normalized spacial score (nSPS) is 13.7. The number of nitrogens with zero attached hydrogens (tertiary/aromatic N) is 2. The molecule has 32 heavy (non-hydrogen) atoms. The highest BCUT2D eigenvalue weighted by atomic mass is 32.2. The van der Waals surface area contributed by atoms with Gasteiger partial charge < -0.3 is 15.0 Å². The third-order valence-corrected chi connectivity index (χ3v) is 6.36. The van der Waals surface area contributed by atoms with Crippen LogP contribution >= 0.6 is 0 Å². The van der Waals surface area contributed by atoms with Crippen molar-refractivity contribution in [2.75, 3.05) is 25.5 Å². The topological polar surface area (TPSA) is 88.1 Å². The minimum absolute atomic E-state index is 0.0950. The van der Waals surface area contributed by atoms with Crippen molar-refractivity contribution in [3.8, 4) is 5.75 Å². The molecule has 1 heterocycles. The molecule has 0 unspecified atom stereocenters. The average molecular weight is 450 g/mol. The van der Waals surface area contributed by atoms with Gasteiger partial charge in [-0.05, 0) is 55.0 Å². The van der Waals surface area contributed by atoms with Crippen LogP contribution in [0.5, 0.6) is 5.75 Å². The number of fused-ring (bicyclic) bond motifs is 1. The van der Waals surface area contributed by atoms with Gasteiger partial charge in [-0.15, -0.1) is 4.40 Å². The molecule has 1 aliphatic rings. The molecule has 0 bridgehead atoms. The quantitative estimate of drug-likeness (QED) is 0.555. The standard InChI is InChI=1S/C24H23N3O4S/c1-27(16-7-17-31-20-8-3-2-4-9-20)24(28)18-12-14-19(15-13-18)25-23-21-10-5-6-11-22(21)32(29,30)26-23/h2-6,8-15H,7,16-17H2,1H3,(H,25,26). The smallest absolute Gasteiger partial charge is 0.285 e. The van der Waals surface area contributed by atoms with E-state index in [-0.39, 0.29) is 16.6 Å². The minimum atomic E-state index is -3.68. The number of nitrogens with one attached hydrogen (secondary N) is 1. The Labute approximate surface area is 187 Å². The summed E-state index contributed by atoms with van der Waals surface area (Å²) in [5.74, 6) is 0.990. The lowest BCUT2D eigenvalue weighted by Gasteiger charge is -2.17. The molecule has 3 aromatic rings. The molecule has 0 saturated heterocycles. The van der Waals surface area contributed by atoms with Crippen molar-refractivity contribution in [1.82, 2.24) is 4.90 Å². The van der Waals surface area contributed by atoms with E-state index in [0.717, 1.165) is 5.75 Å². The van der Waals surface area contributed by atoms with Crippen molar-refractivity contribution < 1.29 is 17.9 Å². The van der Waals surface area contributed by atoms with Gasteiger partial charge in [-0.2, -0.15) is 8.42 Å². The second-order valence-electron chi connectivity index (χ2n) is 7.36. The van der Waals surface area contributed by atoms with E-state index in [1.165, 1.54) is 6.07 Å². The van der Waals surface area contributed by atoms with Crippen LogP contribution in [-0.2, 0) is 10.0 Å². The number of benzene rings is 3. The summed E-state index contributed by atoms with van der Waals surface area (Å²) in [6.45, 7) is 1.09. The molecule has 0 radical (unpaired) electrons. The van der Waals surface area contributed by atoms with Crippen LogP contribution in [0.15, 0.2) is 88.2 Å². The molecule has 0 aromatic heterocycles. The van der Waals surface area contributed by atoms with Crippen LogP contribution in [0.2, 0.25) is 0 Å². The summed E-state index contributed by atoms with van der Waals surface area (Å²) in [6.07, 6.45) is 0.713. The van der Waals surface area contributed by atoms with Crippen molar-refractivity contribution in [3.63, 3.8) is 0 Å². The van der Waals surface area contributed by atoms with Crippen LogP contribution < -0.4 is 10.1 Å². The maximum absolute atomic E-state index is 12.7. The Morgan fingerprint density at radius 1 is 0.969 bits per heavy atom. The Kier molecular flexibility index (Phi) is 6.23. The number of para-hydroxylation sites is 1. The second kappa shape index (κ2) is 9.23. The molecule has 0 saturated carbocycles. The molecule has 0 atom stereocenters. The molecule has 4 rings (SSSR count). The number of amides is 1. The Morgan fingerprint density at radius 3 is 2.41 bits per heavy atom. The predicted molar refractivity (Wildman–Crippen MR) is 124 cm³/mol. The van der Waals surface area contributed by atoms with E-state index in [1.807, 2.05) is 30.3 Å². The lowest BCUT2D eigenvalue weighted by Crippen LogP contribution is -2.28. The van der Waals surface area contributed by atoms with Crippen LogP contribution in [-0.4, -0.2) is 45.3 Å². The van der Waals surface area contributed by atoms with Crippen molar-refractivity contribution in [2.24, 2.45) is 4.40 Å². The molecule has 3 aromatic carbocycles. The molecular formula is C24H23N3O4S. The van der Waals surface area contributed by atoms with E-state index in [4.69, 9.17) is 4.74 Å². The summed E-state index contributed by atoms with van der Waals surface area (Å²) in [5.41, 5.74) is 1.72. The fourth-order valence-corrected chi connectivity index (χ4v) is 4.54. The number of hydrogen-bond donors (Lipinski definition) is 1. The zero-order valence-electron chi connectivity index (χ0n) is 17.6. The number of ether oxygens (including phenoxy) is 1. The summed E-state index contributed by atoms with van der Waals surface area (Å²) in [7, 11) is -1.93. The molecule has 164 valence electrons. The van der Waals surface area contributed by atoms with Crippen LogP contribution in [0.3, 0.4) is 0 Å². The third kappa shape index (κ3) is 4.81. The molecule has 0 spiro atoms. The predicted octanol–water partition coefficient (Wildman–Crippen LogP) is 3.79. The molecule has 1 N–H and O–H groups in total. The van der Waals surface area contributed by atoms with E-state index < -0.39 is 10.0 Å². The number of hydrogen-bond acceptors (Lipinski definition) is 5. The van der Waals surface area contributed by atoms with E-state index in [9.17, 15) is 13.2 Å². The first kappa shape index (κ1) is 21.6. The summed E-state index contributed by atoms with van der Waals surface area (Å²) in [6, 6.07) is 23.1. The first-order chi connectivity index (χ1) is 15.4. The van der Waals surface area contributed by atoms with Gasteiger partial charge >= 0.3 is 0 Å². The van der Waals surface area contributed by atoms with Gasteiger partial charge in [0.25, 0.3) is 15.9 Å². The molecule has 0 fully saturated rings. The Bertz CT molecular complexity index is 1240. The largest absolute Gasteiger partial charge is 0.494 e. The number of amidine groups is 1. The molecule has 0 aliphatic carbocycles. The molecule has 1 amide bonds. The summed E-state index contributed by atoms with van der Waals surface area (Å²) >= 11 is 0. The van der Waals surface area contributed by atoms with Crippen LogP contribution in [0.1, 0.15) is 22.3 Å². The Balaban J connectivity index is 1.33. The maximum Gasteiger partial charge on any atom is 0.285 e. The van der Waals surface area contributed by atoms with Gasteiger partial charge in [0.15, 0.2) is 5.84 Å². The fourth-order valence-electron chi connectivity index (χ4n) is 3.36. The van der Waals surface area contributed by atoms with Gasteiger partial charge in [0.1, 0.15) is 10.6 Å². The van der Waals surface area contributed by atoms with E-state index in [1.54, 1.807) is 54.4 Å². The lowest BCUT2D eigenvalue weighted by molar-refractivity contribution is 0.0788. The van der Waals surface area contributed by atoms with Gasteiger partial charge in [0.05, 0.1) is 6.61 Å². The van der Waals surface area contributed by atoms with E-state index in [2.05, 4.69) is 9.71 Å². The average Bonchev–Trinajstić information content (AvgIpc) is 3.07. The van der Waals surface area contributed by atoms with Crippen LogP contribution in [0.4, 0.5) is 5.69 Å². The maximum atomic E-state index is 12.7. The zero-order valence-corrected chi connectivity index (χ0v) is 18.4. The van der Waals surface area contributed by atoms with Crippen molar-refractivity contribution in [3.05, 3.63) is 90.0 Å². The van der Waals surface area contributed by atoms with Gasteiger partial charge in [-0.25, -0.2) is 0 Å². The highest BCUT2D eigenvalue weighted by Gasteiger charge is 2.28. The number of rotatable bonds is 7. The second-order valence-corrected chi connectivity index (χ2v) is 8.93. The number of anilines is 1. The summed E-state index contributed by atoms with van der Waals surface area (Å²) < 4.78 is 33.8. The van der Waals surface area contributed by atoms with Gasteiger partial charge in [-0.3, -0.25) is 4.79 Å². The molecule has 8 heteroatoms. The lowest BCUT2D eigenvalue weighted by atomic mass is 10.1. The first-order valence-electron chi connectivity index (χ1n) is 10.2. The number of sulfonamides is 1. The Morgan fingerprint density at radius 2 is 1.66 bits per heavy atom. The van der Waals surface area contributed by atoms with Crippen LogP contribution in [0.25, 0.3) is 0 Å². The van der Waals surface area contributed by atoms with Crippen molar-refractivity contribution in [1.29, 1.82) is 0 Å². The molecular weight excluding hydrogens is 426 g/mol. The van der Waals surface area contributed by atoms with Gasteiger partial charge in [0.2, 0.25) is 0 Å². The highest BCUT2D eigenvalue weighted by molar-refractivity contribution is 7.90. The third-order valence-electron chi connectivity index (χ3n) is 5.02. The molecule has 1 aliphatic heterocycles. The number of carbonyl (C=O) groups excluding carboxylic acids is 1. The zero-order chi connectivity index (χ0) is 22.6. The fraction of sp³-hybridized carbons (Fsp3) is 0.167. The SMILES string of the molecule is CN(CCCOc1ccccc1)C(=O)c1ccc(NC2=NS(=O)(=O)c3ccccc32)cc1. The monoisotopic (exact) mass is 449 g/mol. The van der Waals surface area contributed by atoms with E-state index in [0.29, 0.717) is 36.4 Å². The van der Waals surface area contributed by atoms with Crippen molar-refractivity contribution >= 4 is 27.5 Å². The van der Waals surface area contributed by atoms with Crippen molar-refractivity contribution in [2.45, 2.75) is 11.3 Å². The minimum Gasteiger partial charge on any atom is -0.494 e. The summed E-state index contributed by atoms with van der Waals surface area (Å²) in [5, 5.41) is 3.03. The number of carbonyl (C=O) groups is 1. The van der Waals surface area contributed by atoms with Gasteiger partial charge in [0, 0.05) is 30.4 Å². The molecule has 7 nitrogen and oxygen atoms in total. The van der Waals surface area contributed by atoms with E-state index >= 15 is 0 Å². The Hall–Kier alpha value is -3.65. The first-order valence-corrected chi connectivity index (χ1v) is 11.6. The van der Waals surface area contributed by atoms with Gasteiger partial charge in [-0.1, -0.05) is 30.3 Å². The highest BCUT2D eigenvalue weighted by Crippen LogP contribution is 2.26. The van der Waals surface area contributed by atoms with Crippen LogP contribution in [0, 0.1) is 0 Å². The summed E-state index contributed by atoms with van der Waals surface area (Å²) in [4.78, 5) is 14.5.